The maximum absolute atomic E-state index is 12.9. The molecule has 5 aromatic rings. The predicted molar refractivity (Wildman–Crippen MR) is 135 cm³/mol. The maximum Gasteiger partial charge on any atom is 0.255 e. The molecule has 2 aromatic heterocycles. The number of ether oxygens (including phenoxy) is 1. The van der Waals surface area contributed by atoms with E-state index in [1.54, 1.807) is 42.9 Å². The molecule has 0 aliphatic carbocycles. The van der Waals surface area contributed by atoms with Crippen LogP contribution in [0.1, 0.15) is 15.9 Å². The minimum Gasteiger partial charge on any atom is -0.457 e. The zero-order valence-electron chi connectivity index (χ0n) is 18.5. The Kier molecular flexibility index (Phi) is 5.86. The Morgan fingerprint density at radius 1 is 0.794 bits per heavy atom. The molecule has 0 fully saturated rings. The highest BCUT2D eigenvalue weighted by Crippen LogP contribution is 2.27. The van der Waals surface area contributed by atoms with E-state index in [0.717, 1.165) is 27.8 Å². The van der Waals surface area contributed by atoms with Gasteiger partial charge in [0.2, 0.25) is 0 Å². The van der Waals surface area contributed by atoms with Crippen molar-refractivity contribution in [1.29, 1.82) is 0 Å². The van der Waals surface area contributed by atoms with E-state index in [2.05, 4.69) is 38.8 Å². The number of nitrogens with one attached hydrogen (secondary N) is 2. The van der Waals surface area contributed by atoms with Gasteiger partial charge in [0.15, 0.2) is 0 Å². The maximum atomic E-state index is 12.9. The van der Waals surface area contributed by atoms with E-state index < -0.39 is 0 Å². The first-order chi connectivity index (χ1) is 16.6. The highest BCUT2D eigenvalue weighted by molar-refractivity contribution is 6.05. The quantitative estimate of drug-likeness (QED) is 0.303. The van der Waals surface area contributed by atoms with Gasteiger partial charge in [0.1, 0.15) is 11.5 Å². The molecular formula is C28H22N4O2. The summed E-state index contributed by atoms with van der Waals surface area (Å²) < 4.78 is 5.83. The molecule has 0 saturated heterocycles. The summed E-state index contributed by atoms with van der Waals surface area (Å²) in [5.74, 6) is 1.09. The van der Waals surface area contributed by atoms with Crippen LogP contribution in [0.4, 0.5) is 17.1 Å². The molecule has 2 heterocycles. The predicted octanol–water partition coefficient (Wildman–Crippen LogP) is 6.73. The number of carbonyl (C=O) groups excluding carboxylic acids is 1. The van der Waals surface area contributed by atoms with Crippen molar-refractivity contribution in [1.82, 2.24) is 9.97 Å². The molecule has 0 radical (unpaired) electrons. The molecule has 5 rings (SSSR count). The Bertz CT molecular complexity index is 1470. The second-order valence-corrected chi connectivity index (χ2v) is 7.85. The molecule has 3 aromatic carbocycles. The van der Waals surface area contributed by atoms with E-state index in [-0.39, 0.29) is 5.91 Å². The molecule has 34 heavy (non-hydrogen) atoms. The highest BCUT2D eigenvalue weighted by Gasteiger charge is 2.09. The van der Waals surface area contributed by atoms with Crippen LogP contribution in [0.2, 0.25) is 0 Å². The fraction of sp³-hybridized carbons (Fsp3) is 0.0357. The van der Waals surface area contributed by atoms with Crippen LogP contribution in [0.25, 0.3) is 10.9 Å². The molecule has 0 bridgehead atoms. The van der Waals surface area contributed by atoms with E-state index >= 15 is 0 Å². The van der Waals surface area contributed by atoms with Gasteiger partial charge in [0.05, 0.1) is 5.52 Å². The molecule has 6 heteroatoms. The number of benzene rings is 3. The van der Waals surface area contributed by atoms with Crippen molar-refractivity contribution < 1.29 is 9.53 Å². The van der Waals surface area contributed by atoms with Crippen LogP contribution in [0, 0.1) is 6.92 Å². The molecule has 2 N–H and O–H groups in total. The Hall–Kier alpha value is -4.71. The number of amides is 1. The molecule has 0 saturated carbocycles. The van der Waals surface area contributed by atoms with Crippen molar-refractivity contribution in [3.8, 4) is 11.5 Å². The number of carbonyl (C=O) groups is 1. The topological polar surface area (TPSA) is 76.1 Å². The summed E-state index contributed by atoms with van der Waals surface area (Å²) in [5, 5.41) is 7.38. The fourth-order valence-electron chi connectivity index (χ4n) is 3.64. The Morgan fingerprint density at radius 2 is 1.62 bits per heavy atom. The molecule has 0 unspecified atom stereocenters. The largest absolute Gasteiger partial charge is 0.457 e. The number of hydrogen-bond acceptors (Lipinski definition) is 5. The van der Waals surface area contributed by atoms with E-state index in [0.29, 0.717) is 22.7 Å². The number of anilines is 3. The van der Waals surface area contributed by atoms with E-state index in [1.165, 1.54) is 0 Å². The fourth-order valence-corrected chi connectivity index (χ4v) is 3.64. The van der Waals surface area contributed by atoms with Crippen LogP contribution in [-0.4, -0.2) is 15.9 Å². The van der Waals surface area contributed by atoms with Crippen LogP contribution in [0.15, 0.2) is 104 Å². The molecule has 0 aliphatic heterocycles. The number of aromatic nitrogens is 2. The third-order valence-corrected chi connectivity index (χ3v) is 5.28. The molecule has 166 valence electrons. The normalized spacial score (nSPS) is 10.6. The number of hydrogen-bond donors (Lipinski definition) is 2. The second-order valence-electron chi connectivity index (χ2n) is 7.85. The lowest BCUT2D eigenvalue weighted by atomic mass is 10.1. The Balaban J connectivity index is 1.32. The Labute approximate surface area is 197 Å². The van der Waals surface area contributed by atoms with Crippen molar-refractivity contribution in [3.63, 3.8) is 0 Å². The van der Waals surface area contributed by atoms with Gasteiger partial charge >= 0.3 is 0 Å². The smallest absolute Gasteiger partial charge is 0.255 e. The monoisotopic (exact) mass is 446 g/mol. The van der Waals surface area contributed by atoms with Crippen molar-refractivity contribution in [2.75, 3.05) is 10.6 Å². The van der Waals surface area contributed by atoms with Gasteiger partial charge in [0, 0.05) is 52.7 Å². The van der Waals surface area contributed by atoms with Gasteiger partial charge in [-0.3, -0.25) is 14.8 Å². The number of rotatable bonds is 6. The number of pyridine rings is 2. The van der Waals surface area contributed by atoms with Crippen LogP contribution in [0.5, 0.6) is 11.5 Å². The number of aryl methyl sites for hydroxylation is 1. The van der Waals surface area contributed by atoms with Gasteiger partial charge in [0.25, 0.3) is 5.91 Å². The Morgan fingerprint density at radius 3 is 2.50 bits per heavy atom. The van der Waals surface area contributed by atoms with Crippen LogP contribution in [-0.2, 0) is 0 Å². The average molecular weight is 447 g/mol. The van der Waals surface area contributed by atoms with Gasteiger partial charge in [-0.25, -0.2) is 0 Å². The van der Waals surface area contributed by atoms with Crippen LogP contribution >= 0.6 is 0 Å². The lowest BCUT2D eigenvalue weighted by Crippen LogP contribution is -2.12. The zero-order chi connectivity index (χ0) is 23.3. The molecule has 0 spiro atoms. The average Bonchev–Trinajstić information content (AvgIpc) is 2.85. The first-order valence-corrected chi connectivity index (χ1v) is 10.9. The van der Waals surface area contributed by atoms with Crippen molar-refractivity contribution >= 4 is 33.9 Å². The van der Waals surface area contributed by atoms with E-state index in [9.17, 15) is 4.79 Å². The van der Waals surface area contributed by atoms with Crippen molar-refractivity contribution in [2.45, 2.75) is 6.92 Å². The SMILES string of the molecule is Cc1ccc2c(Nc3cccc(C(=O)Nc4cccc(Oc5ccncc5)c4)c3)ccnc2c1. The highest BCUT2D eigenvalue weighted by atomic mass is 16.5. The molecule has 6 nitrogen and oxygen atoms in total. The van der Waals surface area contributed by atoms with Crippen molar-refractivity contribution in [2.24, 2.45) is 0 Å². The molecule has 0 atom stereocenters. The van der Waals surface area contributed by atoms with Crippen molar-refractivity contribution in [3.05, 3.63) is 115 Å². The standard InChI is InChI=1S/C28H22N4O2/c1-19-8-9-25-26(12-15-30-27(25)16-19)31-21-5-2-4-20(17-21)28(33)32-22-6-3-7-24(18-22)34-23-10-13-29-14-11-23/h2-18H,1H3,(H,30,31)(H,32,33). The summed E-state index contributed by atoms with van der Waals surface area (Å²) in [6, 6.07) is 26.3. The zero-order valence-corrected chi connectivity index (χ0v) is 18.5. The first-order valence-electron chi connectivity index (χ1n) is 10.9. The van der Waals surface area contributed by atoms with Gasteiger partial charge < -0.3 is 15.4 Å². The second kappa shape index (κ2) is 9.42. The van der Waals surface area contributed by atoms with Gasteiger partial charge in [-0.15, -0.1) is 0 Å². The third kappa shape index (κ3) is 4.86. The number of fused-ring (bicyclic) bond motifs is 1. The minimum atomic E-state index is -0.208. The van der Waals surface area contributed by atoms with E-state index in [4.69, 9.17) is 4.74 Å². The van der Waals surface area contributed by atoms with E-state index in [1.807, 2.05) is 49.4 Å². The summed E-state index contributed by atoms with van der Waals surface area (Å²) in [4.78, 5) is 21.4. The van der Waals surface area contributed by atoms with Gasteiger partial charge in [-0.05, 0) is 67.1 Å². The molecule has 0 aliphatic rings. The number of nitrogens with zero attached hydrogens (tertiary/aromatic N) is 2. The minimum absolute atomic E-state index is 0.208. The van der Waals surface area contributed by atoms with Gasteiger partial charge in [-0.2, -0.15) is 0 Å². The van der Waals surface area contributed by atoms with Crippen LogP contribution in [0.3, 0.4) is 0 Å². The first kappa shape index (κ1) is 21.2. The third-order valence-electron chi connectivity index (χ3n) is 5.28. The summed E-state index contributed by atoms with van der Waals surface area (Å²) in [7, 11) is 0. The summed E-state index contributed by atoms with van der Waals surface area (Å²) >= 11 is 0. The lowest BCUT2D eigenvalue weighted by molar-refractivity contribution is 0.102. The summed E-state index contributed by atoms with van der Waals surface area (Å²) in [6.45, 7) is 2.05. The molecule has 1 amide bonds. The summed E-state index contributed by atoms with van der Waals surface area (Å²) in [6.07, 6.45) is 5.11. The summed E-state index contributed by atoms with van der Waals surface area (Å²) in [5.41, 5.74) is 5.02. The lowest BCUT2D eigenvalue weighted by Gasteiger charge is -2.12. The van der Waals surface area contributed by atoms with Crippen LogP contribution < -0.4 is 15.4 Å². The molecular weight excluding hydrogens is 424 g/mol. The van der Waals surface area contributed by atoms with Gasteiger partial charge in [-0.1, -0.05) is 24.3 Å².